The van der Waals surface area contributed by atoms with E-state index >= 15 is 0 Å². The summed E-state index contributed by atoms with van der Waals surface area (Å²) in [6, 6.07) is 5.78. The van der Waals surface area contributed by atoms with Crippen LogP contribution in [0.15, 0.2) is 39.9 Å². The molecule has 0 fully saturated rings. The maximum absolute atomic E-state index is 11.4. The van der Waals surface area contributed by atoms with E-state index in [4.69, 9.17) is 0 Å². The van der Waals surface area contributed by atoms with Crippen molar-refractivity contribution in [2.45, 2.75) is 34.6 Å². The van der Waals surface area contributed by atoms with Gasteiger partial charge in [-0.1, -0.05) is 49.7 Å². The van der Waals surface area contributed by atoms with Crippen LogP contribution in [0.2, 0.25) is 0 Å². The Morgan fingerprint density at radius 2 is 1.78 bits per heavy atom. The highest BCUT2D eigenvalue weighted by Crippen LogP contribution is 2.21. The third kappa shape index (κ3) is 3.88. The summed E-state index contributed by atoms with van der Waals surface area (Å²) in [4.78, 5) is 14.0. The van der Waals surface area contributed by atoms with Crippen molar-refractivity contribution < 1.29 is 0 Å². The maximum Gasteiger partial charge on any atom is 0.330 e. The topological polar surface area (TPSA) is 37.8 Å². The number of hydrogen-bond acceptors (Lipinski definition) is 1. The van der Waals surface area contributed by atoms with Gasteiger partial charge in [0, 0.05) is 16.9 Å². The summed E-state index contributed by atoms with van der Waals surface area (Å²) in [7, 11) is 0. The molecule has 0 saturated carbocycles. The summed E-state index contributed by atoms with van der Waals surface area (Å²) >= 11 is 3.43. The lowest BCUT2D eigenvalue weighted by Crippen LogP contribution is -2.14. The fourth-order valence-electron chi connectivity index (χ4n) is 1.37. The number of imidazole rings is 1. The number of hydrogen-bond donors (Lipinski definition) is 1. The fourth-order valence-corrected chi connectivity index (χ4v) is 1.72. The standard InChI is InChI=1S/C10H9BrN2O.2C2H6/c1-7-8(11)3-2-4-9(7)13-6-5-12-10(13)14;2*1-2/h2-6H,1H3,(H,12,14);2*1-2H3. The van der Waals surface area contributed by atoms with Crippen molar-refractivity contribution in [2.75, 3.05) is 0 Å². The first-order valence-corrected chi connectivity index (χ1v) is 7.01. The van der Waals surface area contributed by atoms with Gasteiger partial charge in [-0.2, -0.15) is 0 Å². The van der Waals surface area contributed by atoms with E-state index in [2.05, 4.69) is 20.9 Å². The van der Waals surface area contributed by atoms with Crippen molar-refractivity contribution in [3.63, 3.8) is 0 Å². The number of H-pyrrole nitrogens is 1. The summed E-state index contributed by atoms with van der Waals surface area (Å²) in [5.74, 6) is 0. The monoisotopic (exact) mass is 312 g/mol. The molecule has 0 spiro atoms. The quantitative estimate of drug-likeness (QED) is 0.838. The van der Waals surface area contributed by atoms with Crippen molar-refractivity contribution in [3.05, 3.63) is 51.1 Å². The van der Waals surface area contributed by atoms with Gasteiger partial charge >= 0.3 is 5.69 Å². The molecule has 0 aliphatic carbocycles. The van der Waals surface area contributed by atoms with E-state index in [9.17, 15) is 4.79 Å². The smallest absolute Gasteiger partial charge is 0.312 e. The Labute approximate surface area is 117 Å². The van der Waals surface area contributed by atoms with E-state index in [0.29, 0.717) is 0 Å². The van der Waals surface area contributed by atoms with Crippen LogP contribution in [0.4, 0.5) is 0 Å². The largest absolute Gasteiger partial charge is 0.330 e. The van der Waals surface area contributed by atoms with E-state index in [1.54, 1.807) is 17.0 Å². The molecule has 18 heavy (non-hydrogen) atoms. The Morgan fingerprint density at radius 3 is 2.28 bits per heavy atom. The average Bonchev–Trinajstić information content (AvgIpc) is 2.84. The van der Waals surface area contributed by atoms with Gasteiger partial charge in [0.25, 0.3) is 0 Å². The summed E-state index contributed by atoms with van der Waals surface area (Å²) in [6.45, 7) is 9.97. The molecule has 4 heteroatoms. The van der Waals surface area contributed by atoms with Crippen LogP contribution in [-0.2, 0) is 0 Å². The number of nitrogens with zero attached hydrogens (tertiary/aromatic N) is 1. The zero-order valence-electron chi connectivity index (χ0n) is 11.6. The van der Waals surface area contributed by atoms with E-state index in [-0.39, 0.29) is 5.69 Å². The van der Waals surface area contributed by atoms with Gasteiger partial charge in [0.05, 0.1) is 5.69 Å². The number of aromatic amines is 1. The number of rotatable bonds is 1. The molecule has 1 N–H and O–H groups in total. The summed E-state index contributed by atoms with van der Waals surface area (Å²) < 4.78 is 2.59. The molecule has 100 valence electrons. The molecule has 2 aromatic rings. The normalized spacial score (nSPS) is 8.78. The van der Waals surface area contributed by atoms with Crippen molar-refractivity contribution in [1.29, 1.82) is 0 Å². The second-order valence-electron chi connectivity index (χ2n) is 3.02. The van der Waals surface area contributed by atoms with Gasteiger partial charge < -0.3 is 4.98 Å². The Hall–Kier alpha value is -1.29. The summed E-state index contributed by atoms with van der Waals surface area (Å²) in [6.07, 6.45) is 3.35. The predicted molar refractivity (Wildman–Crippen MR) is 81.5 cm³/mol. The molecular weight excluding hydrogens is 292 g/mol. The SMILES string of the molecule is CC.CC.Cc1c(Br)cccc1-n1cc[nH]c1=O. The number of aromatic nitrogens is 2. The van der Waals surface area contributed by atoms with Crippen molar-refractivity contribution >= 4 is 15.9 Å². The molecule has 1 heterocycles. The van der Waals surface area contributed by atoms with Crippen molar-refractivity contribution in [2.24, 2.45) is 0 Å². The van der Waals surface area contributed by atoms with Gasteiger partial charge in [0.1, 0.15) is 0 Å². The molecule has 0 unspecified atom stereocenters. The van der Waals surface area contributed by atoms with E-state index in [1.807, 2.05) is 52.8 Å². The highest BCUT2D eigenvalue weighted by molar-refractivity contribution is 9.10. The lowest BCUT2D eigenvalue weighted by atomic mass is 10.2. The first-order valence-electron chi connectivity index (χ1n) is 6.21. The highest BCUT2D eigenvalue weighted by Gasteiger charge is 2.05. The van der Waals surface area contributed by atoms with E-state index < -0.39 is 0 Å². The molecule has 0 bridgehead atoms. The zero-order chi connectivity index (χ0) is 14.1. The lowest BCUT2D eigenvalue weighted by Gasteiger charge is -2.06. The van der Waals surface area contributed by atoms with Crippen LogP contribution in [0.3, 0.4) is 0 Å². The molecule has 2 rings (SSSR count). The van der Waals surface area contributed by atoms with Crippen LogP contribution in [0.5, 0.6) is 0 Å². The number of benzene rings is 1. The molecule has 0 aliphatic heterocycles. The second-order valence-corrected chi connectivity index (χ2v) is 3.87. The molecule has 3 nitrogen and oxygen atoms in total. The Balaban J connectivity index is 0.000000659. The van der Waals surface area contributed by atoms with Crippen LogP contribution >= 0.6 is 15.9 Å². The molecule has 1 aromatic carbocycles. The lowest BCUT2D eigenvalue weighted by molar-refractivity contribution is 0.974. The third-order valence-corrected chi connectivity index (χ3v) is 3.01. The van der Waals surface area contributed by atoms with Crippen molar-refractivity contribution in [1.82, 2.24) is 9.55 Å². The van der Waals surface area contributed by atoms with Crippen LogP contribution < -0.4 is 5.69 Å². The third-order valence-electron chi connectivity index (χ3n) is 2.15. The van der Waals surface area contributed by atoms with Gasteiger partial charge in [0.2, 0.25) is 0 Å². The minimum atomic E-state index is -0.119. The number of nitrogens with one attached hydrogen (secondary N) is 1. The zero-order valence-corrected chi connectivity index (χ0v) is 13.2. The second kappa shape index (κ2) is 8.75. The van der Waals surface area contributed by atoms with Crippen LogP contribution in [0.1, 0.15) is 33.3 Å². The summed E-state index contributed by atoms with van der Waals surface area (Å²) in [5, 5.41) is 0. The van der Waals surface area contributed by atoms with Gasteiger partial charge in [-0.25, -0.2) is 4.79 Å². The van der Waals surface area contributed by atoms with Gasteiger partial charge in [-0.05, 0) is 24.6 Å². The first-order chi connectivity index (χ1) is 8.70. The van der Waals surface area contributed by atoms with E-state index in [1.165, 1.54) is 0 Å². The highest BCUT2D eigenvalue weighted by atomic mass is 79.9. The molecular formula is C14H21BrN2O. The van der Waals surface area contributed by atoms with E-state index in [0.717, 1.165) is 15.7 Å². The Kier molecular flexibility index (Phi) is 8.12. The molecule has 0 saturated heterocycles. The van der Waals surface area contributed by atoms with Crippen LogP contribution in [0.25, 0.3) is 5.69 Å². The molecule has 0 atom stereocenters. The minimum absolute atomic E-state index is 0.119. The maximum atomic E-state index is 11.4. The van der Waals surface area contributed by atoms with Gasteiger partial charge in [0.15, 0.2) is 0 Å². The summed E-state index contributed by atoms with van der Waals surface area (Å²) in [5.41, 5.74) is 1.83. The molecule has 0 radical (unpaired) electrons. The minimum Gasteiger partial charge on any atom is -0.312 e. The molecule has 1 aromatic heterocycles. The molecule has 0 aliphatic rings. The van der Waals surface area contributed by atoms with Crippen LogP contribution in [0, 0.1) is 6.92 Å². The van der Waals surface area contributed by atoms with Crippen LogP contribution in [-0.4, -0.2) is 9.55 Å². The number of halogens is 1. The molecule has 0 amide bonds. The van der Waals surface area contributed by atoms with Gasteiger partial charge in [-0.3, -0.25) is 4.57 Å². The Morgan fingerprint density at radius 1 is 1.17 bits per heavy atom. The average molecular weight is 313 g/mol. The Bertz CT molecular complexity index is 515. The van der Waals surface area contributed by atoms with Crippen molar-refractivity contribution in [3.8, 4) is 5.69 Å². The fraction of sp³-hybridized carbons (Fsp3) is 0.357. The predicted octanol–water partition coefficient (Wildman–Crippen LogP) is 4.29. The first kappa shape index (κ1) is 16.7. The van der Waals surface area contributed by atoms with Gasteiger partial charge in [-0.15, -0.1) is 0 Å².